The van der Waals surface area contributed by atoms with Crippen LogP contribution < -0.4 is 20.7 Å². The fourth-order valence-electron chi connectivity index (χ4n) is 3.42. The molecule has 0 saturated heterocycles. The number of benzene rings is 2. The summed E-state index contributed by atoms with van der Waals surface area (Å²) in [5.41, 5.74) is -1.28. The Morgan fingerprint density at radius 3 is 2.40 bits per heavy atom. The first-order valence-corrected chi connectivity index (χ1v) is 9.46. The third-order valence-corrected chi connectivity index (χ3v) is 5.29. The van der Waals surface area contributed by atoms with E-state index in [9.17, 15) is 19.5 Å². The van der Waals surface area contributed by atoms with Gasteiger partial charge in [0.15, 0.2) is 17.6 Å². The molecule has 0 saturated carbocycles. The molecule has 1 aromatic heterocycles. The number of aromatic hydroxyl groups is 1. The molecule has 1 aliphatic heterocycles. The Balaban J connectivity index is 1.95. The van der Waals surface area contributed by atoms with Crippen LogP contribution in [0.4, 0.5) is 0 Å². The molecule has 4 rings (SSSR count). The quantitative estimate of drug-likeness (QED) is 0.556. The van der Waals surface area contributed by atoms with E-state index >= 15 is 0 Å². The summed E-state index contributed by atoms with van der Waals surface area (Å²) in [6.45, 7) is 0. The molecule has 9 nitrogen and oxygen atoms in total. The van der Waals surface area contributed by atoms with E-state index in [1.807, 2.05) is 0 Å². The average molecular weight is 475 g/mol. The lowest BCUT2D eigenvalue weighted by Crippen LogP contribution is -2.32. The molecular weight excluding hydrogens is 460 g/mol. The van der Waals surface area contributed by atoms with E-state index in [-0.39, 0.29) is 16.9 Å². The number of fused-ring (bicyclic) bond motifs is 1. The standard InChI is InChI=1S/C20H15BrN2O7/c1-28-12-8-7-11-13(16(12)29-2)19(26)30-15(11)14-17(24)22-20(27)23(18(14)25)10-5-3-9(21)4-6-10/h3-8,15,25H,1-2H3,(H,22,24,27)/t15-/m1/s1. The third-order valence-electron chi connectivity index (χ3n) is 4.76. The smallest absolute Gasteiger partial charge is 0.343 e. The summed E-state index contributed by atoms with van der Waals surface area (Å²) in [4.78, 5) is 39.7. The molecule has 0 amide bonds. The molecule has 154 valence electrons. The molecular formula is C20H15BrN2O7. The number of H-pyrrole nitrogens is 1. The molecule has 0 bridgehead atoms. The monoisotopic (exact) mass is 474 g/mol. The number of cyclic esters (lactones) is 1. The number of halogens is 1. The number of methoxy groups -OCH3 is 2. The van der Waals surface area contributed by atoms with Gasteiger partial charge in [0.1, 0.15) is 11.1 Å². The molecule has 0 spiro atoms. The molecule has 30 heavy (non-hydrogen) atoms. The molecule has 0 fully saturated rings. The van der Waals surface area contributed by atoms with Gasteiger partial charge in [0.05, 0.1) is 19.9 Å². The van der Waals surface area contributed by atoms with Crippen LogP contribution in [0.2, 0.25) is 0 Å². The Hall–Kier alpha value is -3.53. The number of ether oxygens (including phenoxy) is 3. The Labute approximate surface area is 177 Å². The predicted molar refractivity (Wildman–Crippen MR) is 109 cm³/mol. The highest BCUT2D eigenvalue weighted by molar-refractivity contribution is 9.10. The molecule has 10 heteroatoms. The zero-order chi connectivity index (χ0) is 21.6. The lowest BCUT2D eigenvalue weighted by atomic mass is 9.99. The van der Waals surface area contributed by atoms with Crippen molar-refractivity contribution in [1.29, 1.82) is 0 Å². The maximum atomic E-state index is 12.6. The highest BCUT2D eigenvalue weighted by atomic mass is 79.9. The van der Waals surface area contributed by atoms with E-state index in [1.54, 1.807) is 36.4 Å². The maximum absolute atomic E-state index is 12.6. The van der Waals surface area contributed by atoms with Crippen molar-refractivity contribution in [2.24, 2.45) is 0 Å². The second-order valence-electron chi connectivity index (χ2n) is 6.36. The SMILES string of the molecule is COc1ccc2c(c1OC)C(=O)O[C@H]2c1c(O)n(-c2ccc(Br)cc2)c(=O)[nH]c1=O. The van der Waals surface area contributed by atoms with Gasteiger partial charge < -0.3 is 19.3 Å². The zero-order valence-corrected chi connectivity index (χ0v) is 17.3. The maximum Gasteiger partial charge on any atom is 0.343 e. The Morgan fingerprint density at radius 1 is 1.07 bits per heavy atom. The summed E-state index contributed by atoms with van der Waals surface area (Å²) in [6, 6.07) is 9.61. The number of nitrogens with one attached hydrogen (secondary N) is 1. The fraction of sp³-hybridized carbons (Fsp3) is 0.150. The van der Waals surface area contributed by atoms with E-state index in [1.165, 1.54) is 14.2 Å². The van der Waals surface area contributed by atoms with Gasteiger partial charge in [-0.2, -0.15) is 0 Å². The molecule has 2 N–H and O–H groups in total. The van der Waals surface area contributed by atoms with Gasteiger partial charge in [-0.15, -0.1) is 0 Å². The normalized spacial score (nSPS) is 14.9. The molecule has 0 unspecified atom stereocenters. The van der Waals surface area contributed by atoms with E-state index in [4.69, 9.17) is 14.2 Å². The zero-order valence-electron chi connectivity index (χ0n) is 15.8. The van der Waals surface area contributed by atoms with E-state index in [2.05, 4.69) is 20.9 Å². The first-order valence-electron chi connectivity index (χ1n) is 8.67. The van der Waals surface area contributed by atoms with Crippen molar-refractivity contribution in [3.8, 4) is 23.1 Å². The van der Waals surface area contributed by atoms with Gasteiger partial charge in [0.25, 0.3) is 5.56 Å². The minimum Gasteiger partial charge on any atom is -0.494 e. The Bertz CT molecular complexity index is 1280. The second kappa shape index (κ2) is 7.38. The van der Waals surface area contributed by atoms with Crippen molar-refractivity contribution in [3.63, 3.8) is 0 Å². The minimum absolute atomic E-state index is 0.0852. The van der Waals surface area contributed by atoms with Crippen molar-refractivity contribution in [3.05, 3.63) is 78.4 Å². The van der Waals surface area contributed by atoms with Crippen molar-refractivity contribution < 1.29 is 24.1 Å². The third kappa shape index (κ3) is 2.96. The molecule has 1 aliphatic rings. The van der Waals surface area contributed by atoms with Crippen LogP contribution in [0, 0.1) is 0 Å². The largest absolute Gasteiger partial charge is 0.494 e. The molecule has 0 aliphatic carbocycles. The summed E-state index contributed by atoms with van der Waals surface area (Å²) in [5.74, 6) is -0.913. The van der Waals surface area contributed by atoms with Crippen molar-refractivity contribution in [1.82, 2.24) is 9.55 Å². The minimum atomic E-state index is -1.24. The number of aromatic amines is 1. The summed E-state index contributed by atoms with van der Waals surface area (Å²) in [7, 11) is 2.80. The lowest BCUT2D eigenvalue weighted by Gasteiger charge is -2.16. The van der Waals surface area contributed by atoms with Crippen LogP contribution in [-0.4, -0.2) is 34.8 Å². The van der Waals surface area contributed by atoms with Crippen LogP contribution in [0.3, 0.4) is 0 Å². The van der Waals surface area contributed by atoms with E-state index < -0.39 is 29.2 Å². The molecule has 2 aromatic carbocycles. The molecule has 3 aromatic rings. The van der Waals surface area contributed by atoms with Crippen LogP contribution in [0.1, 0.15) is 27.6 Å². The number of hydrogen-bond acceptors (Lipinski definition) is 7. The van der Waals surface area contributed by atoms with Gasteiger partial charge >= 0.3 is 11.7 Å². The fourth-order valence-corrected chi connectivity index (χ4v) is 3.68. The van der Waals surface area contributed by atoms with E-state index in [0.29, 0.717) is 17.0 Å². The highest BCUT2D eigenvalue weighted by Gasteiger charge is 2.40. The van der Waals surface area contributed by atoms with Crippen molar-refractivity contribution in [2.75, 3.05) is 14.2 Å². The molecule has 2 heterocycles. The van der Waals surface area contributed by atoms with Gasteiger partial charge in [-0.05, 0) is 30.3 Å². The van der Waals surface area contributed by atoms with Gasteiger partial charge in [0.2, 0.25) is 5.88 Å². The summed E-state index contributed by atoms with van der Waals surface area (Å²) in [6.07, 6.45) is -1.24. The second-order valence-corrected chi connectivity index (χ2v) is 7.27. The van der Waals surface area contributed by atoms with Gasteiger partial charge in [-0.1, -0.05) is 22.0 Å². The predicted octanol–water partition coefficient (Wildman–Crippen LogP) is 2.27. The summed E-state index contributed by atoms with van der Waals surface area (Å²) in [5, 5.41) is 10.9. The van der Waals surface area contributed by atoms with Gasteiger partial charge in [0, 0.05) is 10.0 Å². The highest BCUT2D eigenvalue weighted by Crippen LogP contribution is 2.45. The van der Waals surface area contributed by atoms with Crippen LogP contribution in [-0.2, 0) is 4.74 Å². The Morgan fingerprint density at radius 2 is 1.77 bits per heavy atom. The molecule has 1 atom stereocenters. The topological polar surface area (TPSA) is 120 Å². The van der Waals surface area contributed by atoms with Crippen LogP contribution in [0.25, 0.3) is 5.69 Å². The first-order chi connectivity index (χ1) is 14.4. The first kappa shape index (κ1) is 19.8. The number of rotatable bonds is 4. The number of nitrogens with zero attached hydrogens (tertiary/aromatic N) is 1. The van der Waals surface area contributed by atoms with Crippen LogP contribution in [0.5, 0.6) is 17.4 Å². The number of carbonyl (C=O) groups excluding carboxylic acids is 1. The molecule has 0 radical (unpaired) electrons. The van der Waals surface area contributed by atoms with Gasteiger partial charge in [-0.3, -0.25) is 9.78 Å². The van der Waals surface area contributed by atoms with Crippen molar-refractivity contribution >= 4 is 21.9 Å². The van der Waals surface area contributed by atoms with E-state index in [0.717, 1.165) is 9.04 Å². The summed E-state index contributed by atoms with van der Waals surface area (Å²) < 4.78 is 17.6. The number of carbonyl (C=O) groups is 1. The Kier molecular flexibility index (Phi) is 4.86. The lowest BCUT2D eigenvalue weighted by molar-refractivity contribution is 0.0447. The number of aromatic nitrogens is 2. The van der Waals surface area contributed by atoms with Crippen LogP contribution in [0.15, 0.2) is 50.5 Å². The average Bonchev–Trinajstić information content (AvgIpc) is 3.04. The summed E-state index contributed by atoms with van der Waals surface area (Å²) >= 11 is 3.30. The number of hydrogen-bond donors (Lipinski definition) is 2. The number of esters is 1. The van der Waals surface area contributed by atoms with Crippen LogP contribution >= 0.6 is 15.9 Å². The van der Waals surface area contributed by atoms with Gasteiger partial charge in [-0.25, -0.2) is 14.2 Å². The van der Waals surface area contributed by atoms with Crippen molar-refractivity contribution in [2.45, 2.75) is 6.10 Å².